The van der Waals surface area contributed by atoms with Gasteiger partial charge in [-0.2, -0.15) is 0 Å². The summed E-state index contributed by atoms with van der Waals surface area (Å²) in [6, 6.07) is 0.429. The average Bonchev–Trinajstić information content (AvgIpc) is 2.87. The molecule has 80 valence electrons. The van der Waals surface area contributed by atoms with Crippen LogP contribution in [0.25, 0.3) is 0 Å². The molecule has 2 N–H and O–H groups in total. The number of nitrogens with one attached hydrogen (secondary N) is 2. The molecule has 0 aromatic rings. The molecule has 0 saturated heterocycles. The Balaban J connectivity index is 1.88. The molecule has 2 rings (SSSR count). The van der Waals surface area contributed by atoms with Gasteiger partial charge in [-0.3, -0.25) is 0 Å². The minimum Gasteiger partial charge on any atom is -0.361 e. The lowest BCUT2D eigenvalue weighted by atomic mass is 9.96. The van der Waals surface area contributed by atoms with Crippen LogP contribution in [-0.2, 0) is 0 Å². The Morgan fingerprint density at radius 2 is 1.79 bits per heavy atom. The van der Waals surface area contributed by atoms with Crippen molar-refractivity contribution in [2.75, 3.05) is 0 Å². The minimum atomic E-state index is 0.353. The summed E-state index contributed by atoms with van der Waals surface area (Å²) in [7, 11) is 0. The van der Waals surface area contributed by atoms with Crippen LogP contribution in [0.3, 0.4) is 0 Å². The van der Waals surface area contributed by atoms with E-state index in [1.807, 2.05) is 0 Å². The fourth-order valence-corrected chi connectivity index (χ4v) is 2.62. The lowest BCUT2D eigenvalue weighted by Crippen LogP contribution is -2.49. The quantitative estimate of drug-likeness (QED) is 0.701. The van der Waals surface area contributed by atoms with Gasteiger partial charge in [-0.1, -0.05) is 6.92 Å². The molecule has 0 bridgehead atoms. The minimum absolute atomic E-state index is 0.353. The Kier molecular flexibility index (Phi) is 2.25. The molecule has 0 spiro atoms. The zero-order valence-electron chi connectivity index (χ0n) is 9.31. The van der Waals surface area contributed by atoms with Crippen LogP contribution in [0.4, 0.5) is 0 Å². The van der Waals surface area contributed by atoms with E-state index in [0.717, 1.165) is 5.11 Å². The first kappa shape index (κ1) is 10.2. The van der Waals surface area contributed by atoms with Gasteiger partial charge in [0, 0.05) is 11.6 Å². The van der Waals surface area contributed by atoms with E-state index >= 15 is 0 Å². The molecule has 2 aliphatic rings. The van der Waals surface area contributed by atoms with Crippen molar-refractivity contribution in [1.29, 1.82) is 0 Å². The number of hydrogen-bond donors (Lipinski definition) is 2. The topological polar surface area (TPSA) is 24.1 Å². The first-order valence-electron chi connectivity index (χ1n) is 5.56. The molecule has 0 atom stereocenters. The van der Waals surface area contributed by atoms with Gasteiger partial charge >= 0.3 is 0 Å². The van der Waals surface area contributed by atoms with Crippen LogP contribution < -0.4 is 10.6 Å². The molecule has 0 radical (unpaired) electrons. The van der Waals surface area contributed by atoms with Crippen molar-refractivity contribution in [3.8, 4) is 0 Å². The average molecular weight is 212 g/mol. The van der Waals surface area contributed by atoms with Crippen LogP contribution >= 0.6 is 12.2 Å². The molecule has 0 aromatic heterocycles. The van der Waals surface area contributed by atoms with Crippen LogP contribution in [0.1, 0.15) is 46.5 Å². The van der Waals surface area contributed by atoms with Gasteiger partial charge in [0.05, 0.1) is 0 Å². The monoisotopic (exact) mass is 212 g/mol. The van der Waals surface area contributed by atoms with Gasteiger partial charge in [0.15, 0.2) is 5.11 Å². The van der Waals surface area contributed by atoms with E-state index in [4.69, 9.17) is 12.2 Å². The van der Waals surface area contributed by atoms with Crippen molar-refractivity contribution in [2.45, 2.75) is 58.0 Å². The molecule has 2 nitrogen and oxygen atoms in total. The molecule has 3 heteroatoms. The summed E-state index contributed by atoms with van der Waals surface area (Å²) in [6.45, 7) is 6.61. The second-order valence-electron chi connectivity index (χ2n) is 5.40. The highest BCUT2D eigenvalue weighted by molar-refractivity contribution is 7.80. The number of thiocarbonyl (C=S) groups is 1. The zero-order chi connectivity index (χ0) is 10.4. The summed E-state index contributed by atoms with van der Waals surface area (Å²) >= 11 is 5.29. The van der Waals surface area contributed by atoms with E-state index in [-0.39, 0.29) is 0 Å². The summed E-state index contributed by atoms with van der Waals surface area (Å²) in [5.74, 6) is 0. The Hall–Kier alpha value is -0.310. The summed E-state index contributed by atoms with van der Waals surface area (Å²) in [5, 5.41) is 7.62. The van der Waals surface area contributed by atoms with Gasteiger partial charge in [-0.05, 0) is 57.2 Å². The van der Waals surface area contributed by atoms with E-state index in [9.17, 15) is 0 Å². The van der Waals surface area contributed by atoms with Crippen LogP contribution in [0, 0.1) is 5.41 Å². The number of rotatable bonds is 3. The van der Waals surface area contributed by atoms with Crippen LogP contribution in [0.2, 0.25) is 0 Å². The predicted octanol–water partition coefficient (Wildman–Crippen LogP) is 2.19. The van der Waals surface area contributed by atoms with Gasteiger partial charge in [0.2, 0.25) is 0 Å². The normalized spacial score (nSPS) is 25.7. The highest BCUT2D eigenvalue weighted by atomic mass is 32.1. The van der Waals surface area contributed by atoms with Crippen molar-refractivity contribution >= 4 is 17.3 Å². The predicted molar refractivity (Wildman–Crippen MR) is 63.3 cm³/mol. The Labute approximate surface area is 91.8 Å². The molecule has 0 aliphatic heterocycles. The summed E-state index contributed by atoms with van der Waals surface area (Å²) in [6.07, 6.45) is 5.32. The van der Waals surface area contributed by atoms with E-state index in [1.165, 1.54) is 25.7 Å². The van der Waals surface area contributed by atoms with Crippen molar-refractivity contribution in [3.05, 3.63) is 0 Å². The summed E-state index contributed by atoms with van der Waals surface area (Å²) < 4.78 is 0. The SMILES string of the molecule is CC(C)NC(=S)NC1(C2(C)CC2)CC1. The van der Waals surface area contributed by atoms with Crippen LogP contribution in [0.15, 0.2) is 0 Å². The fraction of sp³-hybridized carbons (Fsp3) is 0.909. The highest BCUT2D eigenvalue weighted by Crippen LogP contribution is 2.63. The Morgan fingerprint density at radius 3 is 2.14 bits per heavy atom. The molecular weight excluding hydrogens is 192 g/mol. The van der Waals surface area contributed by atoms with Gasteiger partial charge in [0.25, 0.3) is 0 Å². The smallest absolute Gasteiger partial charge is 0.166 e. The molecule has 14 heavy (non-hydrogen) atoms. The third-order valence-corrected chi connectivity index (χ3v) is 3.90. The largest absolute Gasteiger partial charge is 0.361 e. The number of hydrogen-bond acceptors (Lipinski definition) is 1. The third-order valence-electron chi connectivity index (χ3n) is 3.68. The third kappa shape index (κ3) is 1.74. The van der Waals surface area contributed by atoms with Gasteiger partial charge < -0.3 is 10.6 Å². The zero-order valence-corrected chi connectivity index (χ0v) is 10.1. The molecule has 2 aliphatic carbocycles. The van der Waals surface area contributed by atoms with Crippen LogP contribution in [-0.4, -0.2) is 16.7 Å². The van der Waals surface area contributed by atoms with Crippen LogP contribution in [0.5, 0.6) is 0 Å². The molecule has 0 unspecified atom stereocenters. The maximum Gasteiger partial charge on any atom is 0.166 e. The molecule has 0 amide bonds. The standard InChI is InChI=1S/C11H20N2S/c1-8(2)12-9(14)13-11(6-7-11)10(3)4-5-10/h8H,4-7H2,1-3H3,(H2,12,13,14). The molecule has 2 saturated carbocycles. The second kappa shape index (κ2) is 3.09. The fourth-order valence-electron chi connectivity index (χ4n) is 2.19. The van der Waals surface area contributed by atoms with E-state index in [2.05, 4.69) is 31.4 Å². The molecule has 2 fully saturated rings. The summed E-state index contributed by atoms with van der Waals surface area (Å²) in [4.78, 5) is 0. The first-order valence-corrected chi connectivity index (χ1v) is 5.97. The Bertz CT molecular complexity index is 252. The van der Waals surface area contributed by atoms with Gasteiger partial charge in [-0.15, -0.1) is 0 Å². The first-order chi connectivity index (χ1) is 6.47. The lowest BCUT2D eigenvalue weighted by Gasteiger charge is -2.27. The van der Waals surface area contributed by atoms with Crippen molar-refractivity contribution in [1.82, 2.24) is 10.6 Å². The van der Waals surface area contributed by atoms with Crippen molar-refractivity contribution < 1.29 is 0 Å². The molecular formula is C11H20N2S. The lowest BCUT2D eigenvalue weighted by molar-refractivity contribution is 0.378. The molecule has 0 aromatic carbocycles. The van der Waals surface area contributed by atoms with E-state index in [0.29, 0.717) is 17.0 Å². The van der Waals surface area contributed by atoms with E-state index in [1.54, 1.807) is 0 Å². The van der Waals surface area contributed by atoms with Gasteiger partial charge in [-0.25, -0.2) is 0 Å². The highest BCUT2D eigenvalue weighted by Gasteiger charge is 2.62. The van der Waals surface area contributed by atoms with Gasteiger partial charge in [0.1, 0.15) is 0 Å². The summed E-state index contributed by atoms with van der Waals surface area (Å²) in [5.41, 5.74) is 0.891. The van der Waals surface area contributed by atoms with Crippen molar-refractivity contribution in [3.63, 3.8) is 0 Å². The Morgan fingerprint density at radius 1 is 1.21 bits per heavy atom. The second-order valence-corrected chi connectivity index (χ2v) is 5.80. The maximum absolute atomic E-state index is 5.29. The maximum atomic E-state index is 5.29. The van der Waals surface area contributed by atoms with E-state index < -0.39 is 0 Å². The molecule has 0 heterocycles. The van der Waals surface area contributed by atoms with Crippen molar-refractivity contribution in [2.24, 2.45) is 5.41 Å².